The molecule has 1 aromatic heterocycles. The zero-order chi connectivity index (χ0) is 15.5. The zero-order valence-electron chi connectivity index (χ0n) is 12.1. The number of carbonyl (C=O) groups is 1. The number of nitrogens with zero attached hydrogens (tertiary/aromatic N) is 1. The molecule has 0 aliphatic carbocycles. The predicted molar refractivity (Wildman–Crippen MR) is 85.1 cm³/mol. The summed E-state index contributed by atoms with van der Waals surface area (Å²) in [7, 11) is 1.62. The van der Waals surface area contributed by atoms with E-state index in [0.29, 0.717) is 18.1 Å². The van der Waals surface area contributed by atoms with Crippen molar-refractivity contribution in [2.75, 3.05) is 19.0 Å². The lowest BCUT2D eigenvalue weighted by atomic mass is 10.1. The van der Waals surface area contributed by atoms with Crippen LogP contribution in [0, 0.1) is 0 Å². The maximum Gasteiger partial charge on any atom is 0.243 e. The largest absolute Gasteiger partial charge is 0.496 e. The fourth-order valence-corrected chi connectivity index (χ4v) is 3.13. The van der Waals surface area contributed by atoms with Gasteiger partial charge in [0.05, 0.1) is 24.9 Å². The van der Waals surface area contributed by atoms with Crippen LogP contribution < -0.4 is 15.4 Å². The molecular formula is C15H17N3O3S. The van der Waals surface area contributed by atoms with Gasteiger partial charge < -0.3 is 20.5 Å². The van der Waals surface area contributed by atoms with Crippen molar-refractivity contribution in [1.29, 1.82) is 0 Å². The second kappa shape index (κ2) is 6.43. The first-order valence-corrected chi connectivity index (χ1v) is 7.86. The van der Waals surface area contributed by atoms with E-state index in [1.807, 2.05) is 29.6 Å². The van der Waals surface area contributed by atoms with Crippen molar-refractivity contribution in [2.24, 2.45) is 0 Å². The van der Waals surface area contributed by atoms with Crippen molar-refractivity contribution in [1.82, 2.24) is 10.3 Å². The standard InChI is InChI=1S/C15H17N3O3S/c1-21-13-5-3-2-4-10(13)12-8-22-15(17-12)18-14(20)11-6-9(19)7-16-11/h2-5,8-9,11,16,19H,6-7H2,1H3,(H,17,18,20)/t9-,11-/m0/s1. The Balaban J connectivity index is 1.72. The Bertz CT molecular complexity index is 674. The molecule has 6 nitrogen and oxygen atoms in total. The number of rotatable bonds is 4. The number of nitrogens with one attached hydrogen (secondary N) is 2. The van der Waals surface area contributed by atoms with Crippen LogP contribution in [0.15, 0.2) is 29.6 Å². The summed E-state index contributed by atoms with van der Waals surface area (Å²) >= 11 is 1.36. The van der Waals surface area contributed by atoms with Gasteiger partial charge >= 0.3 is 0 Å². The Labute approximate surface area is 132 Å². The molecular weight excluding hydrogens is 302 g/mol. The lowest BCUT2D eigenvalue weighted by Crippen LogP contribution is -2.35. The van der Waals surface area contributed by atoms with E-state index in [2.05, 4.69) is 15.6 Å². The Hall–Kier alpha value is -1.96. The molecule has 3 rings (SSSR count). The topological polar surface area (TPSA) is 83.5 Å². The highest BCUT2D eigenvalue weighted by Gasteiger charge is 2.28. The summed E-state index contributed by atoms with van der Waals surface area (Å²) in [5.74, 6) is 0.573. The molecule has 0 radical (unpaired) electrons. The lowest BCUT2D eigenvalue weighted by molar-refractivity contribution is -0.117. The van der Waals surface area contributed by atoms with Gasteiger partial charge in [-0.25, -0.2) is 4.98 Å². The molecule has 0 saturated carbocycles. The molecule has 116 valence electrons. The summed E-state index contributed by atoms with van der Waals surface area (Å²) in [4.78, 5) is 16.5. The summed E-state index contributed by atoms with van der Waals surface area (Å²) in [6, 6.07) is 7.24. The first kappa shape index (κ1) is 15.0. The third-order valence-corrected chi connectivity index (χ3v) is 4.30. The predicted octanol–water partition coefficient (Wildman–Crippen LogP) is 1.48. The maximum absolute atomic E-state index is 12.1. The molecule has 1 fully saturated rings. The van der Waals surface area contributed by atoms with Crippen molar-refractivity contribution in [3.8, 4) is 17.0 Å². The third kappa shape index (κ3) is 3.11. The van der Waals surface area contributed by atoms with Crippen LogP contribution in [-0.4, -0.2) is 41.8 Å². The molecule has 1 aromatic carbocycles. The highest BCUT2D eigenvalue weighted by Crippen LogP contribution is 2.31. The van der Waals surface area contributed by atoms with Crippen molar-refractivity contribution in [3.05, 3.63) is 29.6 Å². The number of anilines is 1. The second-order valence-corrected chi connectivity index (χ2v) is 5.94. The molecule has 3 N–H and O–H groups in total. The van der Waals surface area contributed by atoms with Gasteiger partial charge in [0.15, 0.2) is 5.13 Å². The lowest BCUT2D eigenvalue weighted by Gasteiger charge is -2.08. The minimum absolute atomic E-state index is 0.169. The molecule has 7 heteroatoms. The Morgan fingerprint density at radius 1 is 1.50 bits per heavy atom. The highest BCUT2D eigenvalue weighted by molar-refractivity contribution is 7.14. The van der Waals surface area contributed by atoms with E-state index in [4.69, 9.17) is 4.74 Å². The van der Waals surface area contributed by atoms with Gasteiger partial charge in [0.1, 0.15) is 5.75 Å². The van der Waals surface area contributed by atoms with Crippen LogP contribution in [0.5, 0.6) is 5.75 Å². The molecule has 22 heavy (non-hydrogen) atoms. The number of methoxy groups -OCH3 is 1. The Morgan fingerprint density at radius 2 is 2.32 bits per heavy atom. The number of carbonyl (C=O) groups excluding carboxylic acids is 1. The van der Waals surface area contributed by atoms with Crippen molar-refractivity contribution < 1.29 is 14.6 Å². The highest BCUT2D eigenvalue weighted by atomic mass is 32.1. The SMILES string of the molecule is COc1ccccc1-c1csc(NC(=O)[C@@H]2C[C@H](O)CN2)n1. The van der Waals surface area contributed by atoms with E-state index >= 15 is 0 Å². The summed E-state index contributed by atoms with van der Waals surface area (Å²) in [5.41, 5.74) is 1.65. The van der Waals surface area contributed by atoms with Crippen LogP contribution in [0.4, 0.5) is 5.13 Å². The van der Waals surface area contributed by atoms with Gasteiger partial charge in [0.2, 0.25) is 5.91 Å². The van der Waals surface area contributed by atoms with E-state index < -0.39 is 6.10 Å². The van der Waals surface area contributed by atoms with E-state index in [9.17, 15) is 9.90 Å². The van der Waals surface area contributed by atoms with E-state index in [-0.39, 0.29) is 11.9 Å². The Morgan fingerprint density at radius 3 is 3.05 bits per heavy atom. The van der Waals surface area contributed by atoms with E-state index in [1.165, 1.54) is 11.3 Å². The van der Waals surface area contributed by atoms with Crippen molar-refractivity contribution in [2.45, 2.75) is 18.6 Å². The fraction of sp³-hybridized carbons (Fsp3) is 0.333. The summed E-state index contributed by atoms with van der Waals surface area (Å²) in [5, 5.41) is 17.6. The van der Waals surface area contributed by atoms with Crippen molar-refractivity contribution >= 4 is 22.4 Å². The second-order valence-electron chi connectivity index (χ2n) is 5.08. The molecule has 2 aromatic rings. The number of hydrogen-bond acceptors (Lipinski definition) is 6. The number of amides is 1. The van der Waals surface area contributed by atoms with Crippen LogP contribution in [-0.2, 0) is 4.79 Å². The number of hydrogen-bond donors (Lipinski definition) is 3. The number of aliphatic hydroxyl groups excluding tert-OH is 1. The van der Waals surface area contributed by atoms with Gasteiger partial charge in [-0.2, -0.15) is 0 Å². The maximum atomic E-state index is 12.1. The zero-order valence-corrected chi connectivity index (χ0v) is 12.9. The summed E-state index contributed by atoms with van der Waals surface area (Å²) in [6.45, 7) is 0.447. The summed E-state index contributed by atoms with van der Waals surface area (Å²) in [6.07, 6.45) is -0.0347. The number of para-hydroxylation sites is 1. The van der Waals surface area contributed by atoms with Gasteiger partial charge in [-0.1, -0.05) is 12.1 Å². The van der Waals surface area contributed by atoms with Crippen LogP contribution in [0.25, 0.3) is 11.3 Å². The first-order chi connectivity index (χ1) is 10.7. The number of benzene rings is 1. The molecule has 0 spiro atoms. The number of ether oxygens (including phenoxy) is 1. The average Bonchev–Trinajstić information content (AvgIpc) is 3.16. The molecule has 2 atom stereocenters. The van der Waals surface area contributed by atoms with Gasteiger partial charge in [-0.3, -0.25) is 4.79 Å². The molecule has 2 heterocycles. The molecule has 1 aliphatic rings. The first-order valence-electron chi connectivity index (χ1n) is 6.98. The molecule has 0 bridgehead atoms. The molecule has 1 aliphatic heterocycles. The van der Waals surface area contributed by atoms with Gasteiger partial charge in [-0.15, -0.1) is 11.3 Å². The van der Waals surface area contributed by atoms with Crippen LogP contribution in [0.1, 0.15) is 6.42 Å². The molecule has 0 unspecified atom stereocenters. The smallest absolute Gasteiger partial charge is 0.243 e. The van der Waals surface area contributed by atoms with Gasteiger partial charge in [-0.05, 0) is 18.6 Å². The normalized spacial score (nSPS) is 20.8. The Kier molecular flexibility index (Phi) is 4.37. The van der Waals surface area contributed by atoms with Crippen molar-refractivity contribution in [3.63, 3.8) is 0 Å². The van der Waals surface area contributed by atoms with Crippen LogP contribution in [0.3, 0.4) is 0 Å². The minimum atomic E-state index is -0.462. The van der Waals surface area contributed by atoms with E-state index in [0.717, 1.165) is 17.0 Å². The average molecular weight is 319 g/mol. The monoisotopic (exact) mass is 319 g/mol. The quantitative estimate of drug-likeness (QED) is 0.795. The van der Waals surface area contributed by atoms with Crippen LogP contribution in [0.2, 0.25) is 0 Å². The van der Waals surface area contributed by atoms with Gasteiger partial charge in [0, 0.05) is 17.5 Å². The molecule has 1 saturated heterocycles. The van der Waals surface area contributed by atoms with Gasteiger partial charge in [0.25, 0.3) is 0 Å². The number of β-amino-alcohol motifs (C(OH)–C–C–N with tert-alkyl or cyclic N) is 1. The third-order valence-electron chi connectivity index (χ3n) is 3.54. The van der Waals surface area contributed by atoms with E-state index in [1.54, 1.807) is 7.11 Å². The number of aliphatic hydroxyl groups is 1. The fourth-order valence-electron chi connectivity index (χ4n) is 2.42. The minimum Gasteiger partial charge on any atom is -0.496 e. The van der Waals surface area contributed by atoms with Crippen LogP contribution >= 0.6 is 11.3 Å². The number of thiazole rings is 1. The summed E-state index contributed by atoms with van der Waals surface area (Å²) < 4.78 is 5.32. The molecule has 1 amide bonds. The number of aromatic nitrogens is 1.